The number of amides is 1. The van der Waals surface area contributed by atoms with E-state index in [0.717, 1.165) is 10.0 Å². The molecule has 4 N–H and O–H groups in total. The largest absolute Gasteiger partial charge is 0.409 e. The van der Waals surface area contributed by atoms with E-state index in [1.54, 1.807) is 6.07 Å². The van der Waals surface area contributed by atoms with E-state index in [1.807, 2.05) is 24.3 Å². The lowest BCUT2D eigenvalue weighted by Gasteiger charge is -2.05. The second kappa shape index (κ2) is 6.85. The molecule has 2 aromatic rings. The number of aromatic nitrogens is 1. The minimum Gasteiger partial charge on any atom is -0.409 e. The zero-order valence-corrected chi connectivity index (χ0v) is 12.5. The Morgan fingerprint density at radius 3 is 2.57 bits per heavy atom. The molecule has 0 aliphatic rings. The molecule has 21 heavy (non-hydrogen) atoms. The number of hydrogen-bond acceptors (Lipinski definition) is 4. The van der Waals surface area contributed by atoms with Crippen LogP contribution in [0.2, 0.25) is 0 Å². The van der Waals surface area contributed by atoms with Crippen LogP contribution in [0.25, 0.3) is 0 Å². The van der Waals surface area contributed by atoms with Gasteiger partial charge < -0.3 is 16.3 Å². The maximum Gasteiger partial charge on any atom is 0.270 e. The molecule has 0 aliphatic heterocycles. The summed E-state index contributed by atoms with van der Waals surface area (Å²) in [6.07, 6.45) is 1.38. The predicted molar refractivity (Wildman–Crippen MR) is 82.1 cm³/mol. The Morgan fingerprint density at radius 1 is 1.29 bits per heavy atom. The molecule has 0 atom stereocenters. The first kappa shape index (κ1) is 15.0. The molecular formula is C14H13BrN4O2. The number of benzene rings is 1. The number of hydrogen-bond donors (Lipinski definition) is 3. The number of halogens is 1. The minimum absolute atomic E-state index is 0.0516. The van der Waals surface area contributed by atoms with Crippen molar-refractivity contribution in [3.63, 3.8) is 0 Å². The first-order valence-corrected chi connectivity index (χ1v) is 6.86. The molecule has 0 aliphatic carbocycles. The predicted octanol–water partition coefficient (Wildman–Crippen LogP) is 1.87. The van der Waals surface area contributed by atoms with E-state index in [-0.39, 0.29) is 17.4 Å². The number of amidine groups is 1. The van der Waals surface area contributed by atoms with Crippen LogP contribution in [0.15, 0.2) is 52.2 Å². The Labute approximate surface area is 129 Å². The normalized spacial score (nSPS) is 11.2. The Hall–Kier alpha value is -2.41. The van der Waals surface area contributed by atoms with Gasteiger partial charge in [0.1, 0.15) is 5.69 Å². The number of rotatable bonds is 4. The van der Waals surface area contributed by atoms with Crippen LogP contribution in [-0.4, -0.2) is 21.9 Å². The fourth-order valence-corrected chi connectivity index (χ4v) is 1.88. The monoisotopic (exact) mass is 348 g/mol. The van der Waals surface area contributed by atoms with Crippen molar-refractivity contribution in [2.24, 2.45) is 10.9 Å². The highest BCUT2D eigenvalue weighted by Gasteiger charge is 2.08. The van der Waals surface area contributed by atoms with E-state index in [1.165, 1.54) is 12.3 Å². The fraction of sp³-hybridized carbons (Fsp3) is 0.0714. The van der Waals surface area contributed by atoms with Gasteiger partial charge in [0.25, 0.3) is 5.91 Å². The highest BCUT2D eigenvalue weighted by Crippen LogP contribution is 2.10. The summed E-state index contributed by atoms with van der Waals surface area (Å²) in [6.45, 7) is 0.412. The zero-order chi connectivity index (χ0) is 15.2. The summed E-state index contributed by atoms with van der Waals surface area (Å²) in [4.78, 5) is 15.9. The average Bonchev–Trinajstić information content (AvgIpc) is 2.53. The second-order valence-electron chi connectivity index (χ2n) is 4.23. The molecule has 1 aromatic carbocycles. The molecule has 0 bridgehead atoms. The lowest BCUT2D eigenvalue weighted by molar-refractivity contribution is 0.0946. The van der Waals surface area contributed by atoms with Crippen molar-refractivity contribution < 1.29 is 10.0 Å². The third-order valence-electron chi connectivity index (χ3n) is 2.77. The summed E-state index contributed by atoms with van der Waals surface area (Å²) in [5.74, 6) is -0.340. The molecule has 1 heterocycles. The quantitative estimate of drug-likeness (QED) is 0.339. The van der Waals surface area contributed by atoms with Gasteiger partial charge in [0, 0.05) is 22.8 Å². The van der Waals surface area contributed by atoms with Crippen LogP contribution in [0.1, 0.15) is 21.6 Å². The van der Waals surface area contributed by atoms with Crippen molar-refractivity contribution in [2.75, 3.05) is 0 Å². The van der Waals surface area contributed by atoms with E-state index < -0.39 is 0 Å². The van der Waals surface area contributed by atoms with Crippen LogP contribution in [-0.2, 0) is 6.54 Å². The molecule has 0 saturated heterocycles. The van der Waals surface area contributed by atoms with E-state index in [2.05, 4.69) is 31.4 Å². The van der Waals surface area contributed by atoms with Gasteiger partial charge in [-0.25, -0.2) is 0 Å². The van der Waals surface area contributed by atoms with E-state index in [0.29, 0.717) is 12.1 Å². The van der Waals surface area contributed by atoms with Crippen LogP contribution in [0.5, 0.6) is 0 Å². The summed E-state index contributed by atoms with van der Waals surface area (Å²) in [7, 11) is 0. The summed E-state index contributed by atoms with van der Waals surface area (Å²) in [5, 5.41) is 14.2. The molecule has 1 aromatic heterocycles. The van der Waals surface area contributed by atoms with Gasteiger partial charge in [-0.05, 0) is 29.8 Å². The Balaban J connectivity index is 1.98. The first-order chi connectivity index (χ1) is 10.1. The highest BCUT2D eigenvalue weighted by atomic mass is 79.9. The zero-order valence-electron chi connectivity index (χ0n) is 11.0. The van der Waals surface area contributed by atoms with Crippen molar-refractivity contribution in [3.05, 3.63) is 63.9 Å². The second-order valence-corrected chi connectivity index (χ2v) is 5.14. The van der Waals surface area contributed by atoms with Gasteiger partial charge in [-0.15, -0.1) is 0 Å². The molecule has 1 amide bonds. The maximum absolute atomic E-state index is 11.9. The van der Waals surface area contributed by atoms with Crippen molar-refractivity contribution >= 4 is 27.7 Å². The third-order valence-corrected chi connectivity index (χ3v) is 3.29. The smallest absolute Gasteiger partial charge is 0.270 e. The van der Waals surface area contributed by atoms with Crippen molar-refractivity contribution in [1.82, 2.24) is 10.3 Å². The van der Waals surface area contributed by atoms with Crippen LogP contribution >= 0.6 is 15.9 Å². The fourth-order valence-electron chi connectivity index (χ4n) is 1.61. The van der Waals surface area contributed by atoms with E-state index >= 15 is 0 Å². The number of nitrogens with zero attached hydrogens (tertiary/aromatic N) is 2. The van der Waals surface area contributed by atoms with Crippen LogP contribution < -0.4 is 11.1 Å². The molecule has 7 heteroatoms. The van der Waals surface area contributed by atoms with Gasteiger partial charge >= 0.3 is 0 Å². The van der Waals surface area contributed by atoms with E-state index in [4.69, 9.17) is 10.9 Å². The van der Waals surface area contributed by atoms with Gasteiger partial charge in [0.2, 0.25) is 0 Å². The standard InChI is InChI=1S/C14H13BrN4O2/c15-11-4-1-9(2-5-11)7-18-14(20)12-6-3-10(8-17-12)13(16)19-21/h1-6,8,21H,7H2,(H2,16,19)(H,18,20). The summed E-state index contributed by atoms with van der Waals surface area (Å²) in [6, 6.07) is 10.7. The summed E-state index contributed by atoms with van der Waals surface area (Å²) < 4.78 is 0.984. The first-order valence-electron chi connectivity index (χ1n) is 6.07. The van der Waals surface area contributed by atoms with Gasteiger partial charge in [-0.1, -0.05) is 33.2 Å². The number of oxime groups is 1. The van der Waals surface area contributed by atoms with Crippen molar-refractivity contribution in [2.45, 2.75) is 6.54 Å². The molecule has 6 nitrogen and oxygen atoms in total. The minimum atomic E-state index is -0.288. The van der Waals surface area contributed by atoms with Crippen LogP contribution in [0.4, 0.5) is 0 Å². The number of carbonyl (C=O) groups is 1. The molecule has 0 spiro atoms. The molecular weight excluding hydrogens is 336 g/mol. The lowest BCUT2D eigenvalue weighted by Crippen LogP contribution is -2.24. The van der Waals surface area contributed by atoms with Gasteiger partial charge in [-0.2, -0.15) is 0 Å². The average molecular weight is 349 g/mol. The molecule has 0 unspecified atom stereocenters. The molecule has 0 radical (unpaired) electrons. The lowest BCUT2D eigenvalue weighted by atomic mass is 10.2. The van der Waals surface area contributed by atoms with Crippen LogP contribution in [0, 0.1) is 0 Å². The molecule has 0 saturated carbocycles. The Morgan fingerprint density at radius 2 is 2.00 bits per heavy atom. The third kappa shape index (κ3) is 4.03. The van der Waals surface area contributed by atoms with Gasteiger partial charge in [0.15, 0.2) is 5.84 Å². The highest BCUT2D eigenvalue weighted by molar-refractivity contribution is 9.10. The maximum atomic E-state index is 11.9. The van der Waals surface area contributed by atoms with Gasteiger partial charge in [0.05, 0.1) is 0 Å². The number of pyridine rings is 1. The molecule has 0 fully saturated rings. The number of carbonyl (C=O) groups excluding carboxylic acids is 1. The number of nitrogens with two attached hydrogens (primary N) is 1. The topological polar surface area (TPSA) is 101 Å². The van der Waals surface area contributed by atoms with Gasteiger partial charge in [-0.3, -0.25) is 9.78 Å². The molecule has 2 rings (SSSR count). The summed E-state index contributed by atoms with van der Waals surface area (Å²) >= 11 is 3.35. The van der Waals surface area contributed by atoms with Crippen molar-refractivity contribution in [1.29, 1.82) is 0 Å². The van der Waals surface area contributed by atoms with E-state index in [9.17, 15) is 4.79 Å². The summed E-state index contributed by atoms with van der Waals surface area (Å²) in [5.41, 5.74) is 7.12. The SMILES string of the molecule is NC(=NO)c1ccc(C(=O)NCc2ccc(Br)cc2)nc1. The Bertz CT molecular complexity index is 654. The molecule has 108 valence electrons. The van der Waals surface area contributed by atoms with Crippen LogP contribution in [0.3, 0.4) is 0 Å². The Kier molecular flexibility index (Phi) is 4.89. The number of nitrogens with one attached hydrogen (secondary N) is 1. The van der Waals surface area contributed by atoms with Crippen molar-refractivity contribution in [3.8, 4) is 0 Å².